The summed E-state index contributed by atoms with van der Waals surface area (Å²) in [4.78, 5) is 19.4. The van der Waals surface area contributed by atoms with Crippen molar-refractivity contribution in [2.24, 2.45) is 16.5 Å². The zero-order valence-corrected chi connectivity index (χ0v) is 17.0. The summed E-state index contributed by atoms with van der Waals surface area (Å²) in [6, 6.07) is 6.85. The fourth-order valence-corrected chi connectivity index (χ4v) is 4.63. The maximum atomic E-state index is 11.6. The number of carbonyl (C=O) groups excluding carboxylic acids is 1. The molecule has 0 radical (unpaired) electrons. The molecule has 0 aliphatic carbocycles. The molecule has 1 aromatic carbocycles. The molecular formula is C19H22ClN5OS. The summed E-state index contributed by atoms with van der Waals surface area (Å²) >= 11 is 7.62. The number of thiophene rings is 1. The summed E-state index contributed by atoms with van der Waals surface area (Å²) in [6.07, 6.45) is -0.648. The minimum Gasteiger partial charge on any atom is -0.370 e. The van der Waals surface area contributed by atoms with Gasteiger partial charge in [0.05, 0.1) is 24.0 Å². The Kier molecular flexibility index (Phi) is 5.37. The van der Waals surface area contributed by atoms with Crippen LogP contribution in [-0.2, 0) is 4.79 Å². The minimum absolute atomic E-state index is 0.00894. The molecule has 1 aliphatic rings. The number of nitrogens with one attached hydrogen (secondary N) is 1. The van der Waals surface area contributed by atoms with Gasteiger partial charge in [0.2, 0.25) is 5.91 Å². The summed E-state index contributed by atoms with van der Waals surface area (Å²) in [5.41, 5.74) is 15.6. The van der Waals surface area contributed by atoms with E-state index in [4.69, 9.17) is 33.5 Å². The highest BCUT2D eigenvalue weighted by molar-refractivity contribution is 7.17. The molecule has 0 saturated heterocycles. The molecule has 0 fully saturated rings. The summed E-state index contributed by atoms with van der Waals surface area (Å²) in [6.45, 7) is 5.76. The molecule has 0 saturated carbocycles. The van der Waals surface area contributed by atoms with Gasteiger partial charge in [-0.1, -0.05) is 23.7 Å². The minimum atomic E-state index is -0.656. The number of hydrogen-bond acceptors (Lipinski definition) is 5. The van der Waals surface area contributed by atoms with Crippen LogP contribution < -0.4 is 16.4 Å². The van der Waals surface area contributed by atoms with Gasteiger partial charge in [0.25, 0.3) is 0 Å². The average molecular weight is 404 g/mol. The van der Waals surface area contributed by atoms with Crippen LogP contribution in [0.25, 0.3) is 0 Å². The van der Waals surface area contributed by atoms with E-state index in [0.29, 0.717) is 10.9 Å². The number of hydrogen-bond donors (Lipinski definition) is 3. The molecule has 1 aromatic heterocycles. The monoisotopic (exact) mass is 403 g/mol. The van der Waals surface area contributed by atoms with Crippen molar-refractivity contribution >= 4 is 45.4 Å². The second-order valence-corrected chi connectivity index (χ2v) is 8.27. The molecule has 2 heterocycles. The van der Waals surface area contributed by atoms with Crippen molar-refractivity contribution in [2.75, 3.05) is 4.90 Å². The third-order valence-corrected chi connectivity index (χ3v) is 6.16. The first kappa shape index (κ1) is 19.5. The van der Waals surface area contributed by atoms with Crippen molar-refractivity contribution in [3.8, 4) is 0 Å². The lowest BCUT2D eigenvalue weighted by molar-refractivity contribution is -0.118. The van der Waals surface area contributed by atoms with Crippen molar-refractivity contribution in [2.45, 2.75) is 39.4 Å². The quantitative estimate of drug-likeness (QED) is 0.540. The van der Waals surface area contributed by atoms with Crippen molar-refractivity contribution < 1.29 is 4.79 Å². The fraction of sp³-hybridized carbons (Fsp3) is 0.316. The van der Waals surface area contributed by atoms with Gasteiger partial charge in [-0.3, -0.25) is 15.2 Å². The molecule has 27 heavy (non-hydrogen) atoms. The van der Waals surface area contributed by atoms with Gasteiger partial charge in [-0.25, -0.2) is 0 Å². The van der Waals surface area contributed by atoms with E-state index in [2.05, 4.69) is 0 Å². The predicted molar refractivity (Wildman–Crippen MR) is 112 cm³/mol. The summed E-state index contributed by atoms with van der Waals surface area (Å²) in [5, 5.41) is 9.77. The zero-order chi connectivity index (χ0) is 19.9. The number of fused-ring (bicyclic) bond motifs is 1. The van der Waals surface area contributed by atoms with E-state index in [-0.39, 0.29) is 6.42 Å². The second-order valence-electron chi connectivity index (χ2n) is 6.63. The molecule has 8 heteroatoms. The largest absolute Gasteiger partial charge is 0.370 e. The number of primary amides is 1. The maximum absolute atomic E-state index is 11.6. The van der Waals surface area contributed by atoms with E-state index in [9.17, 15) is 4.79 Å². The van der Waals surface area contributed by atoms with Crippen LogP contribution in [0.5, 0.6) is 0 Å². The SMILES string of the molecule is CC(=N)N1c2sc(C)c(C)c2C(c2ccc(Cl)cc2)=NC(CC(N)=O)C1N. The Hall–Kier alpha value is -2.22. The van der Waals surface area contributed by atoms with Crippen molar-refractivity contribution in [1.82, 2.24) is 0 Å². The van der Waals surface area contributed by atoms with Gasteiger partial charge >= 0.3 is 0 Å². The van der Waals surface area contributed by atoms with Crippen LogP contribution in [0.3, 0.4) is 0 Å². The van der Waals surface area contributed by atoms with Crippen LogP contribution in [-0.4, -0.2) is 29.7 Å². The Balaban J connectivity index is 2.29. The Morgan fingerprint density at radius 3 is 2.52 bits per heavy atom. The standard InChI is InChI=1S/C19H22ClN5OS/c1-9-10(2)27-19-16(9)17(12-4-6-13(20)7-5-12)24-14(8-15(22)26)18(23)25(19)11(3)21/h4-7,14,18,21H,8,23H2,1-3H3,(H2,22,26). The van der Waals surface area contributed by atoms with E-state index in [1.807, 2.05) is 26.0 Å². The van der Waals surface area contributed by atoms with Gasteiger partial charge in [0.1, 0.15) is 11.2 Å². The normalized spacial score (nSPS) is 19.3. The van der Waals surface area contributed by atoms with E-state index < -0.39 is 18.1 Å². The number of nitrogens with two attached hydrogens (primary N) is 2. The molecule has 2 unspecified atom stereocenters. The third-order valence-electron chi connectivity index (χ3n) is 4.70. The summed E-state index contributed by atoms with van der Waals surface area (Å²) in [7, 11) is 0. The fourth-order valence-electron chi connectivity index (χ4n) is 3.25. The first-order valence-electron chi connectivity index (χ1n) is 8.53. The van der Waals surface area contributed by atoms with Crippen LogP contribution in [0.1, 0.15) is 34.9 Å². The molecule has 0 spiro atoms. The Bertz CT molecular complexity index is 934. The lowest BCUT2D eigenvalue weighted by Crippen LogP contribution is -2.52. The van der Waals surface area contributed by atoms with Crippen LogP contribution in [0.4, 0.5) is 5.00 Å². The molecule has 3 rings (SSSR count). The Labute approximate surface area is 167 Å². The first-order valence-corrected chi connectivity index (χ1v) is 9.72. The zero-order valence-electron chi connectivity index (χ0n) is 15.4. The Morgan fingerprint density at radius 2 is 1.96 bits per heavy atom. The highest BCUT2D eigenvalue weighted by Gasteiger charge is 2.35. The topological polar surface area (TPSA) is 109 Å². The first-order chi connectivity index (χ1) is 12.7. The van der Waals surface area contributed by atoms with Crippen LogP contribution in [0.15, 0.2) is 29.3 Å². The number of amides is 1. The lowest BCUT2D eigenvalue weighted by Gasteiger charge is -2.31. The van der Waals surface area contributed by atoms with Gasteiger partial charge in [-0.2, -0.15) is 0 Å². The molecule has 0 bridgehead atoms. The summed E-state index contributed by atoms with van der Waals surface area (Å²) in [5.74, 6) is -0.178. The number of aryl methyl sites for hydroxylation is 1. The molecule has 1 amide bonds. The number of benzene rings is 1. The number of halogens is 1. The van der Waals surface area contributed by atoms with Gasteiger partial charge in [0.15, 0.2) is 0 Å². The Morgan fingerprint density at radius 1 is 1.33 bits per heavy atom. The van der Waals surface area contributed by atoms with Crippen LogP contribution >= 0.6 is 22.9 Å². The van der Waals surface area contributed by atoms with E-state index in [0.717, 1.165) is 32.3 Å². The predicted octanol–water partition coefficient (Wildman–Crippen LogP) is 3.20. The molecule has 2 atom stereocenters. The highest BCUT2D eigenvalue weighted by atomic mass is 35.5. The second kappa shape index (κ2) is 7.42. The number of nitrogens with zero attached hydrogens (tertiary/aromatic N) is 2. The van der Waals surface area contributed by atoms with E-state index in [1.165, 1.54) is 0 Å². The molecule has 6 nitrogen and oxygen atoms in total. The van der Waals surface area contributed by atoms with Gasteiger partial charge in [0, 0.05) is 21.0 Å². The van der Waals surface area contributed by atoms with E-state index in [1.54, 1.807) is 35.3 Å². The number of anilines is 1. The number of carbonyl (C=O) groups is 1. The lowest BCUT2D eigenvalue weighted by atomic mass is 9.99. The molecule has 142 valence electrons. The number of rotatable bonds is 3. The smallest absolute Gasteiger partial charge is 0.219 e. The summed E-state index contributed by atoms with van der Waals surface area (Å²) < 4.78 is 0. The van der Waals surface area contributed by atoms with Gasteiger partial charge in [-0.15, -0.1) is 11.3 Å². The molecule has 5 N–H and O–H groups in total. The molecular weight excluding hydrogens is 382 g/mol. The van der Waals surface area contributed by atoms with Gasteiger partial charge in [-0.05, 0) is 38.5 Å². The molecule has 2 aromatic rings. The average Bonchev–Trinajstić information content (AvgIpc) is 2.80. The van der Waals surface area contributed by atoms with Crippen molar-refractivity contribution in [1.29, 1.82) is 5.41 Å². The van der Waals surface area contributed by atoms with Crippen molar-refractivity contribution in [3.05, 3.63) is 50.9 Å². The van der Waals surface area contributed by atoms with Gasteiger partial charge < -0.3 is 16.4 Å². The third kappa shape index (κ3) is 3.63. The van der Waals surface area contributed by atoms with Crippen LogP contribution in [0.2, 0.25) is 5.02 Å². The van der Waals surface area contributed by atoms with Crippen LogP contribution in [0, 0.1) is 19.3 Å². The highest BCUT2D eigenvalue weighted by Crippen LogP contribution is 2.40. The number of aliphatic imine (C=N–C) groups is 1. The molecule has 1 aliphatic heterocycles. The van der Waals surface area contributed by atoms with E-state index >= 15 is 0 Å². The van der Waals surface area contributed by atoms with Crippen molar-refractivity contribution in [3.63, 3.8) is 0 Å². The maximum Gasteiger partial charge on any atom is 0.219 e. The number of amidine groups is 1.